The Morgan fingerprint density at radius 2 is 1.86 bits per heavy atom. The van der Waals surface area contributed by atoms with E-state index in [0.717, 1.165) is 24.5 Å². The van der Waals surface area contributed by atoms with Gasteiger partial charge in [0.1, 0.15) is 0 Å². The van der Waals surface area contributed by atoms with Gasteiger partial charge in [0.2, 0.25) is 16.0 Å². The molecule has 1 fully saturated rings. The number of aromatic nitrogens is 1. The second-order valence-electron chi connectivity index (χ2n) is 9.44. The zero-order valence-electron chi connectivity index (χ0n) is 21.1. The average Bonchev–Trinajstić information content (AvgIpc) is 3.26. The molecule has 1 amide bonds. The standard InChI is InChI=1S/C27H32N6O3S/c1-18(2)25(23-17-33(37(3,35)36)24-9-5-4-8-22(23)24)31-27(29)30-15-19-7-6-14-32(16-19)26(34)20-10-12-21(28)13-11-20/h4-5,8-13,17,19H,1,6-7,14-16,28H2,2-3H3,(H2,29,30). The number of guanidine groups is 1. The van der Waals surface area contributed by atoms with E-state index in [2.05, 4.69) is 16.6 Å². The number of aliphatic imine (C=N–C) groups is 2. The number of allylic oxidation sites excluding steroid dienone is 1. The van der Waals surface area contributed by atoms with Crippen molar-refractivity contribution in [2.45, 2.75) is 19.8 Å². The fraction of sp³-hybridized carbons (Fsp3) is 0.296. The van der Waals surface area contributed by atoms with Gasteiger partial charge in [-0.3, -0.25) is 9.79 Å². The molecule has 1 aromatic heterocycles. The van der Waals surface area contributed by atoms with Gasteiger partial charge in [-0.2, -0.15) is 0 Å². The molecule has 0 radical (unpaired) electrons. The number of nitrogen functional groups attached to an aromatic ring is 1. The van der Waals surface area contributed by atoms with Crippen molar-refractivity contribution in [3.8, 4) is 0 Å². The highest BCUT2D eigenvalue weighted by Crippen LogP contribution is 2.25. The molecule has 1 aliphatic rings. The molecule has 10 heteroatoms. The van der Waals surface area contributed by atoms with E-state index in [9.17, 15) is 13.2 Å². The van der Waals surface area contributed by atoms with E-state index in [0.29, 0.717) is 53.3 Å². The van der Waals surface area contributed by atoms with E-state index < -0.39 is 10.0 Å². The molecule has 4 N–H and O–H groups in total. The maximum Gasteiger partial charge on any atom is 0.253 e. The molecular formula is C27H32N6O3S. The largest absolute Gasteiger partial charge is 0.399 e. The number of benzene rings is 2. The molecule has 2 heterocycles. The highest BCUT2D eigenvalue weighted by atomic mass is 32.2. The summed E-state index contributed by atoms with van der Waals surface area (Å²) in [6, 6.07) is 14.1. The van der Waals surface area contributed by atoms with Crippen molar-refractivity contribution in [2.75, 3.05) is 31.6 Å². The number of rotatable bonds is 6. The molecule has 1 saturated heterocycles. The molecule has 4 rings (SSSR count). The Morgan fingerprint density at radius 1 is 1.16 bits per heavy atom. The van der Waals surface area contributed by atoms with Crippen LogP contribution in [0.4, 0.5) is 5.69 Å². The Balaban J connectivity index is 1.54. The highest BCUT2D eigenvalue weighted by molar-refractivity contribution is 7.89. The number of anilines is 1. The highest BCUT2D eigenvalue weighted by Gasteiger charge is 2.24. The van der Waals surface area contributed by atoms with Gasteiger partial charge in [-0.1, -0.05) is 24.8 Å². The number of nitrogens with zero attached hydrogens (tertiary/aromatic N) is 4. The van der Waals surface area contributed by atoms with E-state index in [1.165, 1.54) is 3.97 Å². The maximum atomic E-state index is 12.9. The van der Waals surface area contributed by atoms with Gasteiger partial charge in [-0.25, -0.2) is 17.4 Å². The number of carbonyl (C=O) groups excluding carboxylic acids is 1. The van der Waals surface area contributed by atoms with Gasteiger partial charge >= 0.3 is 0 Å². The normalized spacial score (nSPS) is 17.2. The average molecular weight is 521 g/mol. The molecule has 37 heavy (non-hydrogen) atoms. The number of carbonyl (C=O) groups is 1. The van der Waals surface area contributed by atoms with Crippen molar-refractivity contribution < 1.29 is 13.2 Å². The predicted octanol–water partition coefficient (Wildman–Crippen LogP) is 3.26. The first kappa shape index (κ1) is 26.2. The summed E-state index contributed by atoms with van der Waals surface area (Å²) in [5.74, 6) is 0.211. The number of likely N-dealkylation sites (tertiary alicyclic amines) is 1. The van der Waals surface area contributed by atoms with Gasteiger partial charge < -0.3 is 16.4 Å². The zero-order valence-corrected chi connectivity index (χ0v) is 21.9. The fourth-order valence-corrected chi connectivity index (χ4v) is 5.39. The molecule has 0 aliphatic carbocycles. The van der Waals surface area contributed by atoms with Crippen LogP contribution in [0.2, 0.25) is 0 Å². The molecule has 0 spiro atoms. The van der Waals surface area contributed by atoms with E-state index in [1.807, 2.05) is 17.0 Å². The summed E-state index contributed by atoms with van der Waals surface area (Å²) in [6.45, 7) is 7.52. The lowest BCUT2D eigenvalue weighted by atomic mass is 9.97. The van der Waals surface area contributed by atoms with Gasteiger partial charge in [0.05, 0.1) is 17.5 Å². The van der Waals surface area contributed by atoms with E-state index >= 15 is 0 Å². The van der Waals surface area contributed by atoms with Crippen molar-refractivity contribution in [3.63, 3.8) is 0 Å². The molecule has 0 bridgehead atoms. The topological polar surface area (TPSA) is 136 Å². The minimum absolute atomic E-state index is 0.0218. The lowest BCUT2D eigenvalue weighted by Crippen LogP contribution is -2.40. The molecule has 1 aliphatic heterocycles. The van der Waals surface area contributed by atoms with Crippen LogP contribution in [0, 0.1) is 5.92 Å². The first-order valence-electron chi connectivity index (χ1n) is 12.0. The number of amides is 1. The predicted molar refractivity (Wildman–Crippen MR) is 150 cm³/mol. The van der Waals surface area contributed by atoms with Crippen molar-refractivity contribution in [1.29, 1.82) is 0 Å². The first-order valence-corrected chi connectivity index (χ1v) is 13.9. The van der Waals surface area contributed by atoms with Crippen molar-refractivity contribution in [3.05, 3.63) is 78.0 Å². The van der Waals surface area contributed by atoms with Crippen LogP contribution in [-0.4, -0.2) is 60.8 Å². The van der Waals surface area contributed by atoms with Crippen molar-refractivity contribution >= 4 is 44.2 Å². The van der Waals surface area contributed by atoms with Crippen LogP contribution < -0.4 is 11.5 Å². The number of hydrogen-bond donors (Lipinski definition) is 2. The van der Waals surface area contributed by atoms with Crippen LogP contribution in [0.5, 0.6) is 0 Å². The third kappa shape index (κ3) is 5.91. The molecule has 9 nitrogen and oxygen atoms in total. The summed E-state index contributed by atoms with van der Waals surface area (Å²) < 4.78 is 25.9. The third-order valence-electron chi connectivity index (χ3n) is 6.40. The van der Waals surface area contributed by atoms with Crippen LogP contribution in [0.1, 0.15) is 35.7 Å². The Kier molecular flexibility index (Phi) is 7.49. The van der Waals surface area contributed by atoms with E-state index in [4.69, 9.17) is 11.5 Å². The number of hydrogen-bond acceptors (Lipinski definition) is 5. The lowest BCUT2D eigenvalue weighted by molar-refractivity contribution is 0.0678. The number of nitrogens with two attached hydrogens (primary N) is 2. The summed E-state index contributed by atoms with van der Waals surface area (Å²) in [5, 5.41) is 0.728. The SMILES string of the molecule is C=C(C)C(=NC(N)=NCC1CCCN(C(=O)c2ccc(N)cc2)C1)c1cn(S(C)(=O)=O)c2ccccc12. The number of fused-ring (bicyclic) bond motifs is 1. The summed E-state index contributed by atoms with van der Waals surface area (Å²) in [4.78, 5) is 23.8. The van der Waals surface area contributed by atoms with Crippen LogP contribution in [0.15, 0.2) is 76.9 Å². The summed E-state index contributed by atoms with van der Waals surface area (Å²) in [7, 11) is -3.52. The molecule has 1 atom stereocenters. The minimum Gasteiger partial charge on any atom is -0.399 e. The summed E-state index contributed by atoms with van der Waals surface area (Å²) in [6.07, 6.45) is 4.51. The van der Waals surface area contributed by atoms with Crippen LogP contribution >= 0.6 is 0 Å². The number of piperidine rings is 1. The minimum atomic E-state index is -3.52. The smallest absolute Gasteiger partial charge is 0.253 e. The Hall–Kier alpha value is -3.92. The van der Waals surface area contributed by atoms with Gasteiger partial charge in [-0.05, 0) is 61.6 Å². The van der Waals surface area contributed by atoms with Crippen molar-refractivity contribution in [2.24, 2.45) is 21.6 Å². The van der Waals surface area contributed by atoms with E-state index in [-0.39, 0.29) is 17.8 Å². The second kappa shape index (κ2) is 10.6. The van der Waals surface area contributed by atoms with Crippen LogP contribution in [0.25, 0.3) is 10.9 Å². The molecule has 0 saturated carbocycles. The molecular weight excluding hydrogens is 488 g/mol. The number of para-hydroxylation sites is 1. The first-order chi connectivity index (χ1) is 17.5. The Morgan fingerprint density at radius 3 is 2.54 bits per heavy atom. The van der Waals surface area contributed by atoms with Gasteiger partial charge in [0, 0.05) is 48.0 Å². The Labute approximate surface area is 217 Å². The van der Waals surface area contributed by atoms with Crippen molar-refractivity contribution in [1.82, 2.24) is 8.87 Å². The molecule has 3 aromatic rings. The maximum absolute atomic E-state index is 12.9. The van der Waals surface area contributed by atoms with Gasteiger partial charge in [0.25, 0.3) is 5.91 Å². The quantitative estimate of drug-likeness (QED) is 0.292. The van der Waals surface area contributed by atoms with Crippen LogP contribution in [-0.2, 0) is 10.0 Å². The van der Waals surface area contributed by atoms with Crippen LogP contribution in [0.3, 0.4) is 0 Å². The summed E-state index contributed by atoms with van der Waals surface area (Å²) >= 11 is 0. The molecule has 194 valence electrons. The third-order valence-corrected chi connectivity index (χ3v) is 7.41. The van der Waals surface area contributed by atoms with Gasteiger partial charge in [-0.15, -0.1) is 0 Å². The second-order valence-corrected chi connectivity index (χ2v) is 11.3. The fourth-order valence-electron chi connectivity index (χ4n) is 4.58. The van der Waals surface area contributed by atoms with E-state index in [1.54, 1.807) is 49.5 Å². The molecule has 2 aromatic carbocycles. The summed E-state index contributed by atoms with van der Waals surface area (Å²) in [5.41, 5.74) is 15.5. The zero-order chi connectivity index (χ0) is 26.7. The Bertz CT molecular complexity index is 1500. The van der Waals surface area contributed by atoms with Gasteiger partial charge in [0.15, 0.2) is 0 Å². The monoisotopic (exact) mass is 520 g/mol. The lowest BCUT2D eigenvalue weighted by Gasteiger charge is -2.32. The molecule has 1 unspecified atom stereocenters.